The third kappa shape index (κ3) is 2.23. The first kappa shape index (κ1) is 11.0. The van der Waals surface area contributed by atoms with Crippen molar-refractivity contribution >= 4 is 10.0 Å². The molecule has 0 amide bonds. The highest BCUT2D eigenvalue weighted by Gasteiger charge is 2.43. The summed E-state index contributed by atoms with van der Waals surface area (Å²) in [5.74, 6) is 0. The van der Waals surface area contributed by atoms with Gasteiger partial charge in [-0.1, -0.05) is 6.92 Å². The maximum atomic E-state index is 11.9. The number of rotatable bonds is 3. The minimum absolute atomic E-state index is 0.0910. The van der Waals surface area contributed by atoms with Gasteiger partial charge < -0.3 is 0 Å². The maximum Gasteiger partial charge on any atom is 0.217 e. The molecule has 0 bridgehead atoms. The van der Waals surface area contributed by atoms with Crippen LogP contribution in [0, 0.1) is 0 Å². The molecule has 1 aliphatic carbocycles. The fourth-order valence-corrected chi connectivity index (χ4v) is 3.80. The average molecular weight is 205 g/mol. The van der Waals surface area contributed by atoms with Gasteiger partial charge >= 0.3 is 0 Å². The molecule has 4 heteroatoms. The van der Waals surface area contributed by atoms with E-state index in [1.54, 1.807) is 4.31 Å². The molecule has 0 aromatic heterocycles. The van der Waals surface area contributed by atoms with Crippen molar-refractivity contribution in [3.8, 4) is 0 Å². The van der Waals surface area contributed by atoms with Gasteiger partial charge in [-0.15, -0.1) is 0 Å². The van der Waals surface area contributed by atoms with E-state index in [0.717, 1.165) is 12.8 Å². The topological polar surface area (TPSA) is 37.4 Å². The molecule has 0 saturated heterocycles. The second-order valence-corrected chi connectivity index (χ2v) is 6.72. The summed E-state index contributed by atoms with van der Waals surface area (Å²) in [5.41, 5.74) is -0.282. The Morgan fingerprint density at radius 3 is 2.00 bits per heavy atom. The van der Waals surface area contributed by atoms with E-state index in [2.05, 4.69) is 0 Å². The molecule has 0 radical (unpaired) electrons. The Hall–Kier alpha value is -0.0900. The molecule has 0 spiro atoms. The zero-order valence-corrected chi connectivity index (χ0v) is 9.69. The maximum absolute atomic E-state index is 11.9. The van der Waals surface area contributed by atoms with Gasteiger partial charge in [0.25, 0.3) is 0 Å². The molecule has 1 fully saturated rings. The fraction of sp³-hybridized carbons (Fsp3) is 1.00. The molecule has 0 aliphatic heterocycles. The summed E-state index contributed by atoms with van der Waals surface area (Å²) in [5, 5.41) is -0.0910. The van der Waals surface area contributed by atoms with Crippen LogP contribution in [0.15, 0.2) is 0 Å². The van der Waals surface area contributed by atoms with E-state index in [4.69, 9.17) is 0 Å². The second-order valence-electron chi connectivity index (χ2n) is 4.58. The monoisotopic (exact) mass is 205 g/mol. The smallest absolute Gasteiger partial charge is 0.212 e. The van der Waals surface area contributed by atoms with Gasteiger partial charge in [-0.3, -0.25) is 0 Å². The van der Waals surface area contributed by atoms with Crippen molar-refractivity contribution in [3.63, 3.8) is 0 Å². The Labute approximate surface area is 81.2 Å². The van der Waals surface area contributed by atoms with Gasteiger partial charge in [-0.2, -0.15) is 4.31 Å². The summed E-state index contributed by atoms with van der Waals surface area (Å²) in [7, 11) is -3.00. The highest BCUT2D eigenvalue weighted by molar-refractivity contribution is 7.90. The van der Waals surface area contributed by atoms with E-state index in [-0.39, 0.29) is 10.8 Å². The number of hydrogen-bond acceptors (Lipinski definition) is 2. The average Bonchev–Trinajstić information content (AvgIpc) is 2.62. The largest absolute Gasteiger partial charge is 0.217 e. The molecule has 1 saturated carbocycles. The summed E-state index contributed by atoms with van der Waals surface area (Å²) in [6, 6.07) is 0. The summed E-state index contributed by atoms with van der Waals surface area (Å²) in [6.07, 6.45) is 1.68. The SMILES string of the molecule is CCN(C(C)(C)C)S(=O)(=O)C1CC1. The van der Waals surface area contributed by atoms with Gasteiger partial charge in [0.1, 0.15) is 0 Å². The normalized spacial score (nSPS) is 19.5. The van der Waals surface area contributed by atoms with Crippen molar-refractivity contribution in [2.24, 2.45) is 0 Å². The van der Waals surface area contributed by atoms with Crippen molar-refractivity contribution in [3.05, 3.63) is 0 Å². The third-order valence-electron chi connectivity index (χ3n) is 2.29. The molecule has 3 nitrogen and oxygen atoms in total. The van der Waals surface area contributed by atoms with Crippen molar-refractivity contribution in [1.29, 1.82) is 0 Å². The molecule has 13 heavy (non-hydrogen) atoms. The highest BCUT2D eigenvalue weighted by atomic mass is 32.2. The van der Waals surface area contributed by atoms with E-state index in [1.165, 1.54) is 0 Å². The summed E-state index contributed by atoms with van der Waals surface area (Å²) in [6.45, 7) is 8.29. The van der Waals surface area contributed by atoms with Crippen LogP contribution >= 0.6 is 0 Å². The number of hydrogen-bond donors (Lipinski definition) is 0. The molecule has 0 unspecified atom stereocenters. The quantitative estimate of drug-likeness (QED) is 0.702. The van der Waals surface area contributed by atoms with E-state index in [0.29, 0.717) is 6.54 Å². The van der Waals surface area contributed by atoms with E-state index >= 15 is 0 Å². The minimum atomic E-state index is -3.00. The van der Waals surface area contributed by atoms with E-state index in [1.807, 2.05) is 27.7 Å². The Kier molecular flexibility index (Phi) is 2.74. The highest BCUT2D eigenvalue weighted by Crippen LogP contribution is 2.33. The molecule has 0 N–H and O–H groups in total. The molecule has 0 heterocycles. The van der Waals surface area contributed by atoms with Crippen molar-refractivity contribution in [2.75, 3.05) is 6.54 Å². The van der Waals surface area contributed by atoms with E-state index in [9.17, 15) is 8.42 Å². The van der Waals surface area contributed by atoms with Gasteiger partial charge in [0.2, 0.25) is 10.0 Å². The predicted octanol–water partition coefficient (Wildman–Crippen LogP) is 1.60. The van der Waals surface area contributed by atoms with Crippen LogP contribution < -0.4 is 0 Å². The van der Waals surface area contributed by atoms with Crippen LogP contribution in [0.2, 0.25) is 0 Å². The summed E-state index contributed by atoms with van der Waals surface area (Å²) < 4.78 is 25.4. The predicted molar refractivity (Wildman–Crippen MR) is 54.1 cm³/mol. The van der Waals surface area contributed by atoms with Crippen LogP contribution in [0.4, 0.5) is 0 Å². The van der Waals surface area contributed by atoms with Crippen LogP contribution in [0.3, 0.4) is 0 Å². The van der Waals surface area contributed by atoms with Gasteiger partial charge in [0, 0.05) is 12.1 Å². The Bertz CT molecular complexity index is 272. The lowest BCUT2D eigenvalue weighted by molar-refractivity contribution is 0.259. The molecule has 78 valence electrons. The molecular weight excluding hydrogens is 186 g/mol. The first-order chi connectivity index (χ1) is 5.80. The molecule has 1 rings (SSSR count). The van der Waals surface area contributed by atoms with Crippen LogP contribution in [0.25, 0.3) is 0 Å². The Morgan fingerprint density at radius 1 is 1.31 bits per heavy atom. The van der Waals surface area contributed by atoms with Gasteiger partial charge in [0.15, 0.2) is 0 Å². The summed E-state index contributed by atoms with van der Waals surface area (Å²) in [4.78, 5) is 0. The molecule has 0 aromatic rings. The van der Waals surface area contributed by atoms with Crippen LogP contribution in [0.5, 0.6) is 0 Å². The van der Waals surface area contributed by atoms with Crippen molar-refractivity contribution in [2.45, 2.75) is 51.3 Å². The van der Waals surface area contributed by atoms with Crippen LogP contribution in [-0.4, -0.2) is 30.1 Å². The van der Waals surface area contributed by atoms with Gasteiger partial charge in [-0.25, -0.2) is 8.42 Å². The Morgan fingerprint density at radius 2 is 1.77 bits per heavy atom. The minimum Gasteiger partial charge on any atom is -0.212 e. The second kappa shape index (κ2) is 3.24. The zero-order chi connectivity index (χ0) is 10.3. The van der Waals surface area contributed by atoms with Crippen molar-refractivity contribution < 1.29 is 8.42 Å². The fourth-order valence-electron chi connectivity index (χ4n) is 1.58. The zero-order valence-electron chi connectivity index (χ0n) is 8.87. The lowest BCUT2D eigenvalue weighted by atomic mass is 10.1. The first-order valence-electron chi connectivity index (χ1n) is 4.82. The first-order valence-corrected chi connectivity index (χ1v) is 6.32. The molecule has 0 atom stereocenters. The van der Waals surface area contributed by atoms with E-state index < -0.39 is 10.0 Å². The lowest BCUT2D eigenvalue weighted by Crippen LogP contribution is -2.46. The molecule has 0 aromatic carbocycles. The Balaban J connectivity index is 2.89. The molecule has 1 aliphatic rings. The third-order valence-corrected chi connectivity index (χ3v) is 5.02. The standard InChI is InChI=1S/C9H19NO2S/c1-5-10(9(2,3)4)13(11,12)8-6-7-8/h8H,5-7H2,1-4H3. The van der Waals surface area contributed by atoms with Crippen LogP contribution in [-0.2, 0) is 10.0 Å². The lowest BCUT2D eigenvalue weighted by Gasteiger charge is -2.33. The summed E-state index contributed by atoms with van der Waals surface area (Å²) >= 11 is 0. The molecular formula is C9H19NO2S. The van der Waals surface area contributed by atoms with Gasteiger partial charge in [0.05, 0.1) is 5.25 Å². The number of sulfonamides is 1. The van der Waals surface area contributed by atoms with Crippen molar-refractivity contribution in [1.82, 2.24) is 4.31 Å². The van der Waals surface area contributed by atoms with Gasteiger partial charge in [-0.05, 0) is 33.6 Å². The van der Waals surface area contributed by atoms with Crippen LogP contribution in [0.1, 0.15) is 40.5 Å². The number of nitrogens with zero attached hydrogens (tertiary/aromatic N) is 1.